The summed E-state index contributed by atoms with van der Waals surface area (Å²) in [5.74, 6) is 1.18. The molecule has 2 rings (SSSR count). The Morgan fingerprint density at radius 1 is 1.17 bits per heavy atom. The van der Waals surface area contributed by atoms with Crippen molar-refractivity contribution in [2.45, 2.75) is 51.6 Å². The van der Waals surface area contributed by atoms with Gasteiger partial charge >= 0.3 is 0 Å². The molecule has 0 aromatic heterocycles. The zero-order valence-electron chi connectivity index (χ0n) is 11.2. The van der Waals surface area contributed by atoms with Crippen molar-refractivity contribution in [1.82, 2.24) is 5.32 Å². The summed E-state index contributed by atoms with van der Waals surface area (Å²) in [5.41, 5.74) is 0.764. The first-order valence-corrected chi connectivity index (χ1v) is 6.86. The zero-order chi connectivity index (χ0) is 13.1. The lowest BCUT2D eigenvalue weighted by atomic mass is 9.97. The second-order valence-electron chi connectivity index (χ2n) is 5.46. The Hall–Kier alpha value is -1.22. The van der Waals surface area contributed by atoms with Crippen LogP contribution in [0.5, 0.6) is 11.5 Å². The van der Waals surface area contributed by atoms with Crippen LogP contribution in [0, 0.1) is 5.92 Å². The summed E-state index contributed by atoms with van der Waals surface area (Å²) in [6.45, 7) is 4.24. The fourth-order valence-corrected chi connectivity index (χ4v) is 2.97. The smallest absolute Gasteiger partial charge is 0.120 e. The summed E-state index contributed by atoms with van der Waals surface area (Å²) in [4.78, 5) is 0. The molecule has 0 aliphatic heterocycles. The Kier molecular flexibility index (Phi) is 4.12. The van der Waals surface area contributed by atoms with Crippen molar-refractivity contribution in [3.63, 3.8) is 0 Å². The van der Waals surface area contributed by atoms with Gasteiger partial charge in [0.1, 0.15) is 11.5 Å². The predicted molar refractivity (Wildman–Crippen MR) is 72.7 cm³/mol. The lowest BCUT2D eigenvalue weighted by Crippen LogP contribution is -2.34. The lowest BCUT2D eigenvalue weighted by Gasteiger charge is -2.25. The number of aromatic hydroxyl groups is 2. The molecule has 3 heteroatoms. The minimum absolute atomic E-state index is 0.0488. The van der Waals surface area contributed by atoms with Crippen LogP contribution >= 0.6 is 0 Å². The number of rotatable bonds is 4. The van der Waals surface area contributed by atoms with Crippen molar-refractivity contribution in [2.75, 3.05) is 0 Å². The molecule has 0 heterocycles. The van der Waals surface area contributed by atoms with E-state index in [1.54, 1.807) is 12.1 Å². The molecule has 1 fully saturated rings. The van der Waals surface area contributed by atoms with E-state index in [0.717, 1.165) is 11.5 Å². The number of phenolic OH excluding ortho intramolecular Hbond substituents is 2. The Morgan fingerprint density at radius 2 is 1.83 bits per heavy atom. The van der Waals surface area contributed by atoms with Gasteiger partial charge in [0.25, 0.3) is 0 Å². The number of phenols is 2. The van der Waals surface area contributed by atoms with Crippen LogP contribution in [0.3, 0.4) is 0 Å². The highest BCUT2D eigenvalue weighted by Gasteiger charge is 2.23. The van der Waals surface area contributed by atoms with Crippen molar-refractivity contribution >= 4 is 0 Å². The molecule has 3 N–H and O–H groups in total. The Morgan fingerprint density at radius 3 is 2.50 bits per heavy atom. The van der Waals surface area contributed by atoms with E-state index in [9.17, 15) is 10.2 Å². The molecule has 1 aliphatic carbocycles. The normalized spacial score (nSPS) is 19.9. The minimum atomic E-state index is 0.0488. The van der Waals surface area contributed by atoms with Gasteiger partial charge in [-0.25, -0.2) is 0 Å². The van der Waals surface area contributed by atoms with E-state index in [1.807, 2.05) is 6.92 Å². The standard InChI is InChI=1S/C15H23NO2/c1-10(12-5-3-4-6-12)16-11(2)14-9-13(17)7-8-15(14)18/h7-12,16-18H,3-6H2,1-2H3/t10-,11?/m0/s1. The van der Waals surface area contributed by atoms with Crippen LogP contribution in [0.1, 0.15) is 51.1 Å². The third kappa shape index (κ3) is 2.96. The molecule has 100 valence electrons. The maximum absolute atomic E-state index is 9.83. The van der Waals surface area contributed by atoms with E-state index >= 15 is 0 Å². The molecule has 1 aromatic carbocycles. The van der Waals surface area contributed by atoms with Gasteiger partial charge in [0.2, 0.25) is 0 Å². The molecule has 3 nitrogen and oxygen atoms in total. The first-order valence-electron chi connectivity index (χ1n) is 6.86. The summed E-state index contributed by atoms with van der Waals surface area (Å²) >= 11 is 0. The second-order valence-corrected chi connectivity index (χ2v) is 5.46. The van der Waals surface area contributed by atoms with Gasteiger partial charge in [-0.05, 0) is 50.8 Å². The van der Waals surface area contributed by atoms with Crippen LogP contribution in [0.2, 0.25) is 0 Å². The highest BCUT2D eigenvalue weighted by atomic mass is 16.3. The van der Waals surface area contributed by atoms with E-state index in [2.05, 4.69) is 12.2 Å². The second kappa shape index (κ2) is 5.61. The Balaban J connectivity index is 2.02. The SMILES string of the molecule is CC(N[C@@H](C)C1CCCC1)c1cc(O)ccc1O. The molecule has 0 amide bonds. The minimum Gasteiger partial charge on any atom is -0.508 e. The first-order chi connectivity index (χ1) is 8.58. The quantitative estimate of drug-likeness (QED) is 0.717. The van der Waals surface area contributed by atoms with Gasteiger partial charge in [-0.2, -0.15) is 0 Å². The van der Waals surface area contributed by atoms with Gasteiger partial charge in [0.05, 0.1) is 0 Å². The molecular formula is C15H23NO2. The van der Waals surface area contributed by atoms with Crippen molar-refractivity contribution < 1.29 is 10.2 Å². The van der Waals surface area contributed by atoms with E-state index in [-0.39, 0.29) is 17.5 Å². The van der Waals surface area contributed by atoms with E-state index in [0.29, 0.717) is 6.04 Å². The van der Waals surface area contributed by atoms with E-state index < -0.39 is 0 Å². The van der Waals surface area contributed by atoms with Crippen LogP contribution in [0.25, 0.3) is 0 Å². The van der Waals surface area contributed by atoms with E-state index in [1.165, 1.54) is 31.7 Å². The van der Waals surface area contributed by atoms with Gasteiger partial charge < -0.3 is 15.5 Å². The molecule has 0 spiro atoms. The summed E-state index contributed by atoms with van der Waals surface area (Å²) in [5, 5.41) is 22.9. The summed E-state index contributed by atoms with van der Waals surface area (Å²) in [6, 6.07) is 5.18. The fourth-order valence-electron chi connectivity index (χ4n) is 2.97. The van der Waals surface area contributed by atoms with Gasteiger partial charge in [-0.3, -0.25) is 0 Å². The molecule has 1 aliphatic rings. The average molecular weight is 249 g/mol. The summed E-state index contributed by atoms with van der Waals surface area (Å²) < 4.78 is 0. The van der Waals surface area contributed by atoms with Crippen molar-refractivity contribution in [3.05, 3.63) is 23.8 Å². The Labute approximate surface area is 109 Å². The zero-order valence-corrected chi connectivity index (χ0v) is 11.2. The van der Waals surface area contributed by atoms with Gasteiger partial charge in [0, 0.05) is 17.6 Å². The molecule has 0 bridgehead atoms. The molecule has 1 unspecified atom stereocenters. The van der Waals surface area contributed by atoms with Crippen LogP contribution in [0.15, 0.2) is 18.2 Å². The van der Waals surface area contributed by atoms with Crippen LogP contribution < -0.4 is 5.32 Å². The number of benzene rings is 1. The molecule has 1 aromatic rings. The Bertz CT molecular complexity index is 399. The number of hydrogen-bond donors (Lipinski definition) is 3. The van der Waals surface area contributed by atoms with Gasteiger partial charge in [0.15, 0.2) is 0 Å². The average Bonchev–Trinajstić information content (AvgIpc) is 2.85. The van der Waals surface area contributed by atoms with Crippen LogP contribution in [0.4, 0.5) is 0 Å². The largest absolute Gasteiger partial charge is 0.508 e. The van der Waals surface area contributed by atoms with Crippen LogP contribution in [-0.4, -0.2) is 16.3 Å². The van der Waals surface area contributed by atoms with Crippen molar-refractivity contribution in [2.24, 2.45) is 5.92 Å². The van der Waals surface area contributed by atoms with E-state index in [4.69, 9.17) is 0 Å². The molecule has 18 heavy (non-hydrogen) atoms. The van der Waals surface area contributed by atoms with Gasteiger partial charge in [-0.1, -0.05) is 12.8 Å². The third-order valence-corrected chi connectivity index (χ3v) is 4.10. The molecule has 1 saturated carbocycles. The summed E-state index contributed by atoms with van der Waals surface area (Å²) in [6.07, 6.45) is 5.27. The van der Waals surface area contributed by atoms with Crippen molar-refractivity contribution in [3.8, 4) is 11.5 Å². The molecule has 0 saturated heterocycles. The fraction of sp³-hybridized carbons (Fsp3) is 0.600. The summed E-state index contributed by atoms with van der Waals surface area (Å²) in [7, 11) is 0. The topological polar surface area (TPSA) is 52.5 Å². The maximum atomic E-state index is 9.83. The maximum Gasteiger partial charge on any atom is 0.120 e. The highest BCUT2D eigenvalue weighted by Crippen LogP contribution is 2.31. The monoisotopic (exact) mass is 249 g/mol. The highest BCUT2D eigenvalue weighted by molar-refractivity contribution is 5.40. The van der Waals surface area contributed by atoms with Crippen molar-refractivity contribution in [1.29, 1.82) is 0 Å². The molecule has 2 atom stereocenters. The molecule has 0 radical (unpaired) electrons. The number of nitrogens with one attached hydrogen (secondary N) is 1. The van der Waals surface area contributed by atoms with Gasteiger partial charge in [-0.15, -0.1) is 0 Å². The molecular weight excluding hydrogens is 226 g/mol. The predicted octanol–water partition coefficient (Wildman–Crippen LogP) is 3.33. The third-order valence-electron chi connectivity index (χ3n) is 4.10. The number of hydrogen-bond acceptors (Lipinski definition) is 3. The lowest BCUT2D eigenvalue weighted by molar-refractivity contribution is 0.346. The van der Waals surface area contributed by atoms with Crippen LogP contribution in [-0.2, 0) is 0 Å². The first kappa shape index (κ1) is 13.2.